The Hall–Kier alpha value is -8.86. The van der Waals surface area contributed by atoms with Gasteiger partial charge in [0.05, 0.1) is 17.1 Å². The van der Waals surface area contributed by atoms with Crippen LogP contribution in [0.2, 0.25) is 0 Å². The Morgan fingerprint density at radius 3 is 1.99 bits per heavy atom. The Kier molecular flexibility index (Phi) is 8.58. The molecule has 0 saturated heterocycles. The minimum Gasteiger partial charge on any atom is -0.455 e. The minimum absolute atomic E-state index is 0.252. The number of anilines is 4. The molecule has 0 radical (unpaired) electrons. The molecule has 2 aromatic heterocycles. The molecule has 4 nitrogen and oxygen atoms in total. The van der Waals surface area contributed by atoms with Gasteiger partial charge in [-0.3, -0.25) is 0 Å². The lowest BCUT2D eigenvalue weighted by atomic mass is 9.88. The highest BCUT2D eigenvalue weighted by atomic mass is 16.3. The second-order valence-electron chi connectivity index (χ2n) is 19.1. The van der Waals surface area contributed by atoms with Gasteiger partial charge in [0.2, 0.25) is 0 Å². The SMILES string of the molecule is C1=CCC2C(=C1)N(c1ccccc1)c1ccc(-c3ccc4c(c3)c3cc(C5=CCC6C(=C5)c5ccccc5N6c5ccccc5)ccc3n4-c3ccc(-c4cccc5c4oc4ccccc45)cc3)cc12. The van der Waals surface area contributed by atoms with Gasteiger partial charge in [-0.2, -0.15) is 0 Å². The zero-order chi connectivity index (χ0) is 45.9. The van der Waals surface area contributed by atoms with Crippen molar-refractivity contribution in [3.63, 3.8) is 0 Å². The average molecular weight is 896 g/mol. The summed E-state index contributed by atoms with van der Waals surface area (Å²) in [4.78, 5) is 4.98. The minimum atomic E-state index is 0.252. The largest absolute Gasteiger partial charge is 0.455 e. The van der Waals surface area contributed by atoms with Gasteiger partial charge in [-0.05, 0) is 149 Å². The standard InChI is InChI=1S/C66H45N3O/c1-3-14-47(15-4-1)67-59-23-10-7-18-51(59)55-38-43(28-34-61(55)67)45-30-36-63-57(40-45)58-41-46(44-29-35-62-56(39-44)52-19-8-11-24-60(52)68(62)48-16-5-2-6-17-48)31-37-64(58)69(63)49-32-26-42(27-33-49)50-21-13-22-54-53-20-9-12-25-65(53)70-66(50)54/h1-18,20-33,35-41,52,61H,19,34H2. The topological polar surface area (TPSA) is 24.6 Å². The highest BCUT2D eigenvalue weighted by Crippen LogP contribution is 2.52. The van der Waals surface area contributed by atoms with Crippen LogP contribution < -0.4 is 9.80 Å². The first kappa shape index (κ1) is 39.2. The molecule has 0 saturated carbocycles. The van der Waals surface area contributed by atoms with Crippen LogP contribution in [-0.4, -0.2) is 10.6 Å². The van der Waals surface area contributed by atoms with E-state index >= 15 is 0 Å². The molecule has 4 aliphatic rings. The molecule has 0 bridgehead atoms. The molecule has 70 heavy (non-hydrogen) atoms. The number of rotatable bonds is 6. The van der Waals surface area contributed by atoms with Crippen LogP contribution in [-0.2, 0) is 0 Å². The lowest BCUT2D eigenvalue weighted by molar-refractivity contribution is 0.670. The molecular formula is C66H45N3O. The number of benzene rings is 9. The smallest absolute Gasteiger partial charge is 0.143 e. The lowest BCUT2D eigenvalue weighted by Crippen LogP contribution is -2.27. The van der Waals surface area contributed by atoms with E-state index in [0.717, 1.165) is 51.6 Å². The van der Waals surface area contributed by atoms with Gasteiger partial charge in [0.1, 0.15) is 11.2 Å². The molecule has 2 aliphatic heterocycles. The van der Waals surface area contributed by atoms with Crippen LogP contribution >= 0.6 is 0 Å². The number of nitrogens with zero attached hydrogens (tertiary/aromatic N) is 3. The second-order valence-corrected chi connectivity index (χ2v) is 19.1. The highest BCUT2D eigenvalue weighted by molar-refractivity contribution is 6.13. The third-order valence-corrected chi connectivity index (χ3v) is 15.4. The maximum absolute atomic E-state index is 6.48. The van der Waals surface area contributed by atoms with Gasteiger partial charge in [-0.15, -0.1) is 0 Å². The van der Waals surface area contributed by atoms with Gasteiger partial charge < -0.3 is 18.8 Å². The first-order chi connectivity index (χ1) is 34.7. The summed E-state index contributed by atoms with van der Waals surface area (Å²) in [6, 6.07) is 76.0. The van der Waals surface area contributed by atoms with Crippen LogP contribution in [0.3, 0.4) is 0 Å². The predicted octanol–water partition coefficient (Wildman–Crippen LogP) is 17.5. The van der Waals surface area contributed by atoms with Gasteiger partial charge in [0.25, 0.3) is 0 Å². The fourth-order valence-electron chi connectivity index (χ4n) is 12.2. The Morgan fingerprint density at radius 2 is 1.14 bits per heavy atom. The maximum Gasteiger partial charge on any atom is 0.143 e. The van der Waals surface area contributed by atoms with Crippen molar-refractivity contribution in [3.8, 4) is 27.9 Å². The Bertz CT molecular complexity index is 4070. The van der Waals surface area contributed by atoms with Crippen molar-refractivity contribution >= 4 is 77.6 Å². The summed E-state index contributed by atoms with van der Waals surface area (Å²) in [6.45, 7) is 0. The molecule has 2 aliphatic carbocycles. The van der Waals surface area contributed by atoms with E-state index in [4.69, 9.17) is 4.42 Å². The molecular weight excluding hydrogens is 851 g/mol. The maximum atomic E-state index is 6.48. The van der Waals surface area contributed by atoms with E-state index in [-0.39, 0.29) is 6.04 Å². The summed E-state index contributed by atoms with van der Waals surface area (Å²) < 4.78 is 8.93. The van der Waals surface area contributed by atoms with Crippen molar-refractivity contribution in [3.05, 3.63) is 259 Å². The van der Waals surface area contributed by atoms with Gasteiger partial charge in [-0.1, -0.05) is 140 Å². The van der Waals surface area contributed by atoms with Crippen LogP contribution in [0.5, 0.6) is 0 Å². The molecule has 4 heteroatoms. The first-order valence-corrected chi connectivity index (χ1v) is 24.5. The number of para-hydroxylation sites is 5. The van der Waals surface area contributed by atoms with E-state index in [1.54, 1.807) is 0 Å². The number of furan rings is 1. The fourth-order valence-corrected chi connectivity index (χ4v) is 12.2. The van der Waals surface area contributed by atoms with Gasteiger partial charge in [-0.25, -0.2) is 0 Å². The molecule has 11 aromatic rings. The molecule has 15 rings (SSSR count). The van der Waals surface area contributed by atoms with Crippen LogP contribution in [0.25, 0.3) is 82.8 Å². The van der Waals surface area contributed by atoms with Gasteiger partial charge >= 0.3 is 0 Å². The molecule has 9 aromatic carbocycles. The van der Waals surface area contributed by atoms with Crippen molar-refractivity contribution in [1.29, 1.82) is 0 Å². The highest BCUT2D eigenvalue weighted by Gasteiger charge is 2.37. The number of hydrogen-bond acceptors (Lipinski definition) is 3. The monoisotopic (exact) mass is 895 g/mol. The molecule has 2 atom stereocenters. The third kappa shape index (κ3) is 5.90. The van der Waals surface area contributed by atoms with E-state index in [2.05, 4.69) is 245 Å². The van der Waals surface area contributed by atoms with Crippen molar-refractivity contribution in [2.24, 2.45) is 0 Å². The first-order valence-electron chi connectivity index (χ1n) is 24.5. The quantitative estimate of drug-likeness (QED) is 0.166. The zero-order valence-electron chi connectivity index (χ0n) is 38.3. The molecule has 0 fully saturated rings. The molecule has 0 spiro atoms. The number of fused-ring (bicyclic) bond motifs is 12. The third-order valence-electron chi connectivity index (χ3n) is 15.4. The Balaban J connectivity index is 0.867. The second kappa shape index (κ2) is 15.3. The van der Waals surface area contributed by atoms with E-state index < -0.39 is 0 Å². The van der Waals surface area contributed by atoms with Crippen molar-refractivity contribution in [2.45, 2.75) is 24.8 Å². The lowest BCUT2D eigenvalue weighted by Gasteiger charge is -2.29. The Labute approximate surface area is 406 Å². The molecule has 0 N–H and O–H groups in total. The summed E-state index contributed by atoms with van der Waals surface area (Å²) in [5, 5.41) is 4.76. The average Bonchev–Trinajstić information content (AvgIpc) is 4.17. The molecule has 4 heterocycles. The van der Waals surface area contributed by atoms with Crippen LogP contribution in [0, 0.1) is 0 Å². The van der Waals surface area contributed by atoms with Gasteiger partial charge in [0, 0.05) is 72.7 Å². The Morgan fingerprint density at radius 1 is 0.471 bits per heavy atom. The van der Waals surface area contributed by atoms with Crippen molar-refractivity contribution < 1.29 is 4.42 Å². The number of aromatic nitrogens is 1. The number of hydrogen-bond donors (Lipinski definition) is 0. The predicted molar refractivity (Wildman–Crippen MR) is 291 cm³/mol. The molecule has 0 amide bonds. The molecule has 2 unspecified atom stereocenters. The van der Waals surface area contributed by atoms with Crippen LogP contribution in [0.15, 0.2) is 247 Å². The number of allylic oxidation sites excluding steroid dienone is 6. The summed E-state index contributed by atoms with van der Waals surface area (Å²) in [5.41, 5.74) is 22.9. The normalized spacial score (nSPS) is 16.9. The summed E-state index contributed by atoms with van der Waals surface area (Å²) in [5.74, 6) is 0.319. The summed E-state index contributed by atoms with van der Waals surface area (Å²) in [6.07, 6.45) is 13.7. The zero-order valence-corrected chi connectivity index (χ0v) is 38.3. The van der Waals surface area contributed by atoms with Crippen molar-refractivity contribution in [1.82, 2.24) is 4.57 Å². The summed E-state index contributed by atoms with van der Waals surface area (Å²) in [7, 11) is 0. The van der Waals surface area contributed by atoms with Crippen LogP contribution in [0.4, 0.5) is 22.7 Å². The van der Waals surface area contributed by atoms with Gasteiger partial charge in [0.15, 0.2) is 0 Å². The van der Waals surface area contributed by atoms with E-state index in [1.807, 2.05) is 6.07 Å². The fraction of sp³-hybridized carbons (Fsp3) is 0.0606. The van der Waals surface area contributed by atoms with Crippen molar-refractivity contribution in [2.75, 3.05) is 9.80 Å². The van der Waals surface area contributed by atoms with Crippen LogP contribution in [0.1, 0.15) is 35.4 Å². The van der Waals surface area contributed by atoms with E-state index in [1.165, 1.54) is 89.2 Å². The van der Waals surface area contributed by atoms with E-state index in [0.29, 0.717) is 5.92 Å². The molecule has 330 valence electrons. The van der Waals surface area contributed by atoms with E-state index in [9.17, 15) is 0 Å². The summed E-state index contributed by atoms with van der Waals surface area (Å²) >= 11 is 0.